The number of hydrogen-bond acceptors (Lipinski definition) is 3. The normalized spacial score (nSPS) is 13.0. The van der Waals surface area contributed by atoms with Crippen molar-refractivity contribution in [2.24, 2.45) is 10.9 Å². The first kappa shape index (κ1) is 12.6. The SMILES string of the molecule is NC(=NO)c1ccc(-c2n[nH]c3c2Cc2ccccc2-3)cc1. The number of aromatic nitrogens is 2. The smallest absolute Gasteiger partial charge is 0.170 e. The molecule has 0 atom stereocenters. The molecule has 22 heavy (non-hydrogen) atoms. The molecule has 1 aliphatic rings. The number of amidine groups is 1. The number of oxime groups is 1. The summed E-state index contributed by atoms with van der Waals surface area (Å²) in [6.45, 7) is 0. The molecule has 0 fully saturated rings. The molecule has 1 aromatic heterocycles. The highest BCUT2D eigenvalue weighted by atomic mass is 16.4. The van der Waals surface area contributed by atoms with Gasteiger partial charge in [-0.2, -0.15) is 5.10 Å². The van der Waals surface area contributed by atoms with Gasteiger partial charge >= 0.3 is 0 Å². The maximum Gasteiger partial charge on any atom is 0.170 e. The number of aromatic amines is 1. The standard InChI is InChI=1S/C17H14N4O/c18-17(21-22)11-7-5-10(6-8-11)15-14-9-12-3-1-2-4-13(12)16(14)20-19-15/h1-8,22H,9H2,(H2,18,21)(H,19,20). The van der Waals surface area contributed by atoms with Gasteiger partial charge in [0.2, 0.25) is 0 Å². The first-order chi connectivity index (χ1) is 10.8. The van der Waals surface area contributed by atoms with Crippen molar-refractivity contribution in [3.05, 3.63) is 65.2 Å². The molecule has 5 heteroatoms. The number of H-pyrrole nitrogens is 1. The quantitative estimate of drug-likeness (QED) is 0.229. The van der Waals surface area contributed by atoms with Crippen LogP contribution in [-0.2, 0) is 6.42 Å². The average Bonchev–Trinajstić information content (AvgIpc) is 3.13. The number of rotatable bonds is 2. The van der Waals surface area contributed by atoms with E-state index in [1.54, 1.807) is 0 Å². The van der Waals surface area contributed by atoms with E-state index >= 15 is 0 Å². The number of nitrogens with two attached hydrogens (primary N) is 1. The summed E-state index contributed by atoms with van der Waals surface area (Å²) in [6.07, 6.45) is 0.888. The molecule has 4 N–H and O–H groups in total. The van der Waals surface area contributed by atoms with Gasteiger partial charge in [0.15, 0.2) is 5.84 Å². The Morgan fingerprint density at radius 2 is 1.91 bits per heavy atom. The number of hydrogen-bond donors (Lipinski definition) is 3. The zero-order valence-electron chi connectivity index (χ0n) is 11.7. The van der Waals surface area contributed by atoms with Crippen LogP contribution in [0.15, 0.2) is 53.7 Å². The molecule has 0 radical (unpaired) electrons. The van der Waals surface area contributed by atoms with E-state index in [0.29, 0.717) is 5.56 Å². The van der Waals surface area contributed by atoms with Gasteiger partial charge in [-0.1, -0.05) is 53.7 Å². The third-order valence-corrected chi connectivity index (χ3v) is 4.08. The zero-order chi connectivity index (χ0) is 15.1. The number of fused-ring (bicyclic) bond motifs is 3. The van der Waals surface area contributed by atoms with Gasteiger partial charge in [-0.3, -0.25) is 5.10 Å². The molecule has 0 unspecified atom stereocenters. The second kappa shape index (κ2) is 4.73. The fraction of sp³-hybridized carbons (Fsp3) is 0.0588. The number of benzene rings is 2. The molecule has 5 nitrogen and oxygen atoms in total. The van der Waals surface area contributed by atoms with E-state index in [1.807, 2.05) is 30.3 Å². The molecule has 1 aliphatic carbocycles. The zero-order valence-corrected chi connectivity index (χ0v) is 11.7. The van der Waals surface area contributed by atoms with Crippen LogP contribution in [-0.4, -0.2) is 21.2 Å². The van der Waals surface area contributed by atoms with Gasteiger partial charge in [-0.15, -0.1) is 0 Å². The van der Waals surface area contributed by atoms with Crippen LogP contribution in [0.25, 0.3) is 22.5 Å². The Balaban J connectivity index is 1.76. The fourth-order valence-electron chi connectivity index (χ4n) is 2.96. The summed E-state index contributed by atoms with van der Waals surface area (Å²) < 4.78 is 0. The monoisotopic (exact) mass is 290 g/mol. The minimum absolute atomic E-state index is 0.103. The summed E-state index contributed by atoms with van der Waals surface area (Å²) in [5, 5.41) is 19.3. The van der Waals surface area contributed by atoms with Crippen LogP contribution in [0, 0.1) is 0 Å². The molecule has 0 saturated carbocycles. The molecular weight excluding hydrogens is 276 g/mol. The summed E-state index contributed by atoms with van der Waals surface area (Å²) in [7, 11) is 0. The highest BCUT2D eigenvalue weighted by molar-refractivity contribution is 5.97. The van der Waals surface area contributed by atoms with Crippen LogP contribution in [0.4, 0.5) is 0 Å². The topological polar surface area (TPSA) is 87.3 Å². The molecule has 3 aromatic rings. The van der Waals surface area contributed by atoms with Crippen LogP contribution in [0.1, 0.15) is 16.7 Å². The van der Waals surface area contributed by atoms with Crippen LogP contribution < -0.4 is 5.73 Å². The molecule has 2 aromatic carbocycles. The lowest BCUT2D eigenvalue weighted by atomic mass is 10.0. The molecule has 4 rings (SSSR count). The van der Waals surface area contributed by atoms with Gasteiger partial charge < -0.3 is 10.9 Å². The van der Waals surface area contributed by atoms with Gasteiger partial charge in [0.1, 0.15) is 0 Å². The highest BCUT2D eigenvalue weighted by Crippen LogP contribution is 2.39. The van der Waals surface area contributed by atoms with Crippen molar-refractivity contribution in [2.45, 2.75) is 6.42 Å². The van der Waals surface area contributed by atoms with Crippen LogP contribution in [0.2, 0.25) is 0 Å². The lowest BCUT2D eigenvalue weighted by Crippen LogP contribution is -2.12. The molecule has 0 amide bonds. The summed E-state index contributed by atoms with van der Waals surface area (Å²) in [4.78, 5) is 0. The second-order valence-electron chi connectivity index (χ2n) is 5.32. The van der Waals surface area contributed by atoms with E-state index in [0.717, 1.165) is 23.4 Å². The molecule has 0 bridgehead atoms. The molecule has 1 heterocycles. The van der Waals surface area contributed by atoms with Crippen LogP contribution in [0.5, 0.6) is 0 Å². The van der Waals surface area contributed by atoms with Crippen molar-refractivity contribution in [3.8, 4) is 22.5 Å². The van der Waals surface area contributed by atoms with Gasteiger partial charge in [-0.05, 0) is 5.56 Å². The lowest BCUT2D eigenvalue weighted by molar-refractivity contribution is 0.318. The Labute approximate surface area is 127 Å². The molecule has 0 saturated heterocycles. The largest absolute Gasteiger partial charge is 0.409 e. The summed E-state index contributed by atoms with van der Waals surface area (Å²) >= 11 is 0. The van der Waals surface area contributed by atoms with Crippen molar-refractivity contribution < 1.29 is 5.21 Å². The van der Waals surface area contributed by atoms with Crippen molar-refractivity contribution in [1.29, 1.82) is 0 Å². The third kappa shape index (κ3) is 1.79. The fourth-order valence-corrected chi connectivity index (χ4v) is 2.96. The Morgan fingerprint density at radius 1 is 1.14 bits per heavy atom. The van der Waals surface area contributed by atoms with E-state index in [4.69, 9.17) is 10.9 Å². The van der Waals surface area contributed by atoms with E-state index < -0.39 is 0 Å². The van der Waals surface area contributed by atoms with Gasteiger partial charge in [0.25, 0.3) is 0 Å². The maximum absolute atomic E-state index is 8.71. The van der Waals surface area contributed by atoms with Crippen molar-refractivity contribution >= 4 is 5.84 Å². The second-order valence-corrected chi connectivity index (χ2v) is 5.32. The number of nitrogens with one attached hydrogen (secondary N) is 1. The van der Waals surface area contributed by atoms with E-state index in [1.165, 1.54) is 16.7 Å². The Bertz CT molecular complexity index is 878. The Kier molecular flexibility index (Phi) is 2.72. The summed E-state index contributed by atoms with van der Waals surface area (Å²) in [5.74, 6) is 0.103. The summed E-state index contributed by atoms with van der Waals surface area (Å²) in [5.41, 5.74) is 13.1. The lowest BCUT2D eigenvalue weighted by Gasteiger charge is -2.02. The molecule has 0 aliphatic heterocycles. The third-order valence-electron chi connectivity index (χ3n) is 4.08. The Morgan fingerprint density at radius 3 is 2.68 bits per heavy atom. The van der Waals surface area contributed by atoms with Gasteiger partial charge in [0.05, 0.1) is 11.4 Å². The average molecular weight is 290 g/mol. The molecule has 108 valence electrons. The minimum Gasteiger partial charge on any atom is -0.409 e. The minimum atomic E-state index is 0.103. The maximum atomic E-state index is 8.71. The number of nitrogens with zero attached hydrogens (tertiary/aromatic N) is 2. The van der Waals surface area contributed by atoms with Crippen molar-refractivity contribution in [2.75, 3.05) is 0 Å². The van der Waals surface area contributed by atoms with Crippen LogP contribution in [0.3, 0.4) is 0 Å². The van der Waals surface area contributed by atoms with E-state index in [-0.39, 0.29) is 5.84 Å². The first-order valence-corrected chi connectivity index (χ1v) is 7.02. The van der Waals surface area contributed by atoms with E-state index in [2.05, 4.69) is 33.6 Å². The highest BCUT2D eigenvalue weighted by Gasteiger charge is 2.24. The van der Waals surface area contributed by atoms with Crippen molar-refractivity contribution in [3.63, 3.8) is 0 Å². The van der Waals surface area contributed by atoms with E-state index in [9.17, 15) is 0 Å². The Hall–Kier alpha value is -3.08. The predicted molar refractivity (Wildman–Crippen MR) is 84.8 cm³/mol. The van der Waals surface area contributed by atoms with Crippen molar-refractivity contribution in [1.82, 2.24) is 10.2 Å². The van der Waals surface area contributed by atoms with Gasteiger partial charge in [-0.25, -0.2) is 0 Å². The molecular formula is C17H14N4O. The molecule has 0 spiro atoms. The van der Waals surface area contributed by atoms with Gasteiger partial charge in [0, 0.05) is 28.7 Å². The summed E-state index contributed by atoms with van der Waals surface area (Å²) in [6, 6.07) is 15.9. The predicted octanol–water partition coefficient (Wildman–Crippen LogP) is 2.74. The first-order valence-electron chi connectivity index (χ1n) is 7.02. The van der Waals surface area contributed by atoms with Crippen LogP contribution >= 0.6 is 0 Å².